The lowest BCUT2D eigenvalue weighted by Gasteiger charge is -2.28. The number of hydrogen-bond acceptors (Lipinski definition) is 4. The van der Waals surface area contributed by atoms with Gasteiger partial charge in [0.25, 0.3) is 0 Å². The molecule has 4 nitrogen and oxygen atoms in total. The number of Topliss-reactive ketones (excluding diaryl/α,β-unsaturated/α-hetero) is 1. The molecule has 1 aliphatic rings. The summed E-state index contributed by atoms with van der Waals surface area (Å²) in [4.78, 5) is 23.0. The quantitative estimate of drug-likeness (QED) is 0.715. The van der Waals surface area contributed by atoms with E-state index in [-0.39, 0.29) is 5.78 Å². The van der Waals surface area contributed by atoms with E-state index in [4.69, 9.17) is 10.5 Å². The molecule has 0 saturated heterocycles. The molecular formula is C12H13NO3. The van der Waals surface area contributed by atoms with Crippen LogP contribution in [0, 0.1) is 0 Å². The summed E-state index contributed by atoms with van der Waals surface area (Å²) in [5.41, 5.74) is 6.01. The summed E-state index contributed by atoms with van der Waals surface area (Å²) in [5.74, 6) is -0.623. The van der Waals surface area contributed by atoms with E-state index >= 15 is 0 Å². The molecule has 2 atom stereocenters. The highest BCUT2D eigenvalue weighted by Crippen LogP contribution is 2.38. The zero-order valence-electron chi connectivity index (χ0n) is 9.19. The van der Waals surface area contributed by atoms with Crippen molar-refractivity contribution in [2.75, 3.05) is 0 Å². The Morgan fingerprint density at radius 3 is 2.69 bits per heavy atom. The standard InChI is InChI=1S/C12H13NO3/c1-7(14)16-12(2)9-6-4-3-5-8(9)10(15)11(12)13/h3-6,11H,13H2,1-2H3. The molecule has 16 heavy (non-hydrogen) atoms. The summed E-state index contributed by atoms with van der Waals surface area (Å²) in [7, 11) is 0. The summed E-state index contributed by atoms with van der Waals surface area (Å²) in [6.07, 6.45) is 0. The van der Waals surface area contributed by atoms with Gasteiger partial charge in [0.05, 0.1) is 0 Å². The van der Waals surface area contributed by atoms with Crippen LogP contribution in [0.4, 0.5) is 0 Å². The Kier molecular flexibility index (Phi) is 2.31. The largest absolute Gasteiger partial charge is 0.452 e. The smallest absolute Gasteiger partial charge is 0.303 e. The number of ether oxygens (including phenoxy) is 1. The molecule has 0 amide bonds. The Hall–Kier alpha value is -1.68. The lowest BCUT2D eigenvalue weighted by Crippen LogP contribution is -2.45. The minimum Gasteiger partial charge on any atom is -0.452 e. The molecule has 0 saturated carbocycles. The first-order chi connectivity index (χ1) is 7.47. The van der Waals surface area contributed by atoms with Crippen molar-refractivity contribution in [1.29, 1.82) is 0 Å². The summed E-state index contributed by atoms with van der Waals surface area (Å²) >= 11 is 0. The van der Waals surface area contributed by atoms with Gasteiger partial charge in [-0.3, -0.25) is 9.59 Å². The van der Waals surface area contributed by atoms with E-state index < -0.39 is 17.6 Å². The van der Waals surface area contributed by atoms with Gasteiger partial charge in [-0.25, -0.2) is 0 Å². The topological polar surface area (TPSA) is 69.4 Å². The van der Waals surface area contributed by atoms with E-state index in [1.807, 2.05) is 0 Å². The second-order valence-electron chi connectivity index (χ2n) is 4.09. The molecule has 0 heterocycles. The van der Waals surface area contributed by atoms with Gasteiger partial charge in [-0.1, -0.05) is 24.3 Å². The molecule has 2 rings (SSSR count). The minimum absolute atomic E-state index is 0.181. The monoisotopic (exact) mass is 219 g/mol. The number of benzene rings is 1. The van der Waals surface area contributed by atoms with Crippen LogP contribution in [0.15, 0.2) is 24.3 Å². The molecular weight excluding hydrogens is 206 g/mol. The van der Waals surface area contributed by atoms with Crippen molar-refractivity contribution >= 4 is 11.8 Å². The average molecular weight is 219 g/mol. The highest BCUT2D eigenvalue weighted by Gasteiger charge is 2.49. The van der Waals surface area contributed by atoms with Crippen molar-refractivity contribution in [2.45, 2.75) is 25.5 Å². The van der Waals surface area contributed by atoms with Crippen LogP contribution in [0.1, 0.15) is 29.8 Å². The number of carbonyl (C=O) groups excluding carboxylic acids is 2. The second-order valence-corrected chi connectivity index (χ2v) is 4.09. The SMILES string of the molecule is CC(=O)OC1(C)c2ccccc2C(=O)C1N. The van der Waals surface area contributed by atoms with Crippen LogP contribution in [0.3, 0.4) is 0 Å². The molecule has 1 aromatic rings. The third-order valence-corrected chi connectivity index (χ3v) is 2.96. The first-order valence-electron chi connectivity index (χ1n) is 5.05. The zero-order valence-corrected chi connectivity index (χ0v) is 9.19. The average Bonchev–Trinajstić information content (AvgIpc) is 2.42. The number of nitrogens with two attached hydrogens (primary N) is 1. The van der Waals surface area contributed by atoms with Crippen LogP contribution < -0.4 is 5.73 Å². The van der Waals surface area contributed by atoms with E-state index in [2.05, 4.69) is 0 Å². The molecule has 2 unspecified atom stereocenters. The minimum atomic E-state index is -1.04. The molecule has 0 aromatic heterocycles. The Labute approximate surface area is 93.4 Å². The lowest BCUT2D eigenvalue weighted by molar-refractivity contribution is -0.156. The highest BCUT2D eigenvalue weighted by molar-refractivity contribution is 6.06. The van der Waals surface area contributed by atoms with Crippen molar-refractivity contribution in [3.63, 3.8) is 0 Å². The van der Waals surface area contributed by atoms with Crippen molar-refractivity contribution in [3.8, 4) is 0 Å². The van der Waals surface area contributed by atoms with Crippen molar-refractivity contribution < 1.29 is 14.3 Å². The van der Waals surface area contributed by atoms with E-state index in [1.165, 1.54) is 6.92 Å². The first kappa shape index (κ1) is 10.8. The summed E-state index contributed by atoms with van der Waals surface area (Å²) in [5, 5.41) is 0. The normalized spacial score (nSPS) is 27.7. The Bertz CT molecular complexity index is 469. The Morgan fingerprint density at radius 1 is 1.44 bits per heavy atom. The van der Waals surface area contributed by atoms with Crippen LogP contribution in [-0.2, 0) is 15.1 Å². The zero-order chi connectivity index (χ0) is 11.9. The molecule has 2 N–H and O–H groups in total. The van der Waals surface area contributed by atoms with Gasteiger partial charge in [0, 0.05) is 18.1 Å². The van der Waals surface area contributed by atoms with E-state index in [9.17, 15) is 9.59 Å². The van der Waals surface area contributed by atoms with E-state index in [1.54, 1.807) is 31.2 Å². The van der Waals surface area contributed by atoms with Crippen LogP contribution in [0.5, 0.6) is 0 Å². The van der Waals surface area contributed by atoms with Gasteiger partial charge in [-0.15, -0.1) is 0 Å². The fourth-order valence-corrected chi connectivity index (χ4v) is 2.13. The lowest BCUT2D eigenvalue weighted by atomic mass is 9.95. The van der Waals surface area contributed by atoms with Crippen LogP contribution >= 0.6 is 0 Å². The van der Waals surface area contributed by atoms with Crippen LogP contribution in [-0.4, -0.2) is 17.8 Å². The summed E-state index contributed by atoms with van der Waals surface area (Å²) in [6, 6.07) is 6.21. The number of carbonyl (C=O) groups is 2. The van der Waals surface area contributed by atoms with Gasteiger partial charge in [0.15, 0.2) is 11.4 Å². The highest BCUT2D eigenvalue weighted by atomic mass is 16.6. The maximum atomic E-state index is 11.9. The third kappa shape index (κ3) is 1.34. The maximum absolute atomic E-state index is 11.9. The van der Waals surface area contributed by atoms with Gasteiger partial charge < -0.3 is 10.5 Å². The predicted octanol–water partition coefficient (Wildman–Crippen LogP) is 0.988. The van der Waals surface area contributed by atoms with Crippen molar-refractivity contribution in [3.05, 3.63) is 35.4 Å². The van der Waals surface area contributed by atoms with Gasteiger partial charge in [-0.05, 0) is 6.92 Å². The van der Waals surface area contributed by atoms with Gasteiger partial charge in [0.2, 0.25) is 0 Å². The first-order valence-corrected chi connectivity index (χ1v) is 5.05. The van der Waals surface area contributed by atoms with Gasteiger partial charge in [-0.2, -0.15) is 0 Å². The molecule has 84 valence electrons. The molecule has 0 radical (unpaired) electrons. The third-order valence-electron chi connectivity index (χ3n) is 2.96. The molecule has 0 aliphatic heterocycles. The van der Waals surface area contributed by atoms with Crippen molar-refractivity contribution in [1.82, 2.24) is 0 Å². The van der Waals surface area contributed by atoms with Crippen molar-refractivity contribution in [2.24, 2.45) is 5.73 Å². The van der Waals surface area contributed by atoms with Gasteiger partial charge >= 0.3 is 5.97 Å². The Morgan fingerprint density at radius 2 is 2.06 bits per heavy atom. The second kappa shape index (κ2) is 3.42. The van der Waals surface area contributed by atoms with Gasteiger partial charge in [0.1, 0.15) is 6.04 Å². The number of hydrogen-bond donors (Lipinski definition) is 1. The number of fused-ring (bicyclic) bond motifs is 1. The number of ketones is 1. The molecule has 0 fully saturated rings. The Balaban J connectivity index is 2.56. The van der Waals surface area contributed by atoms with E-state index in [0.717, 1.165) is 0 Å². The molecule has 1 aliphatic carbocycles. The fraction of sp³-hybridized carbons (Fsp3) is 0.333. The number of rotatable bonds is 1. The maximum Gasteiger partial charge on any atom is 0.303 e. The predicted molar refractivity (Wildman–Crippen MR) is 57.9 cm³/mol. The summed E-state index contributed by atoms with van der Waals surface area (Å²) < 4.78 is 5.22. The fourth-order valence-electron chi connectivity index (χ4n) is 2.13. The molecule has 0 spiro atoms. The van der Waals surface area contributed by atoms with E-state index in [0.29, 0.717) is 11.1 Å². The molecule has 0 bridgehead atoms. The summed E-state index contributed by atoms with van der Waals surface area (Å²) in [6.45, 7) is 2.98. The molecule has 1 aromatic carbocycles. The van der Waals surface area contributed by atoms with Crippen LogP contribution in [0.25, 0.3) is 0 Å². The van der Waals surface area contributed by atoms with Crippen LogP contribution in [0.2, 0.25) is 0 Å². The molecule has 4 heteroatoms. The number of esters is 1.